The number of hydrogen-bond acceptors (Lipinski definition) is 3. The summed E-state index contributed by atoms with van der Waals surface area (Å²) >= 11 is 0.569. The van der Waals surface area contributed by atoms with Crippen LogP contribution in [0, 0.1) is 0 Å². The number of halogens is 2. The fraction of sp³-hybridized carbons (Fsp3) is 0.600. The molecular weight excluding hydrogens is 664 g/mol. The summed E-state index contributed by atoms with van der Waals surface area (Å²) in [7, 11) is 7.68. The Hall–Kier alpha value is -1.11. The van der Waals surface area contributed by atoms with Crippen LogP contribution >= 0.6 is 20.4 Å². The van der Waals surface area contributed by atoms with Crippen molar-refractivity contribution in [1.29, 1.82) is 0 Å². The van der Waals surface area contributed by atoms with Crippen LogP contribution in [-0.4, -0.2) is 53.0 Å². The van der Waals surface area contributed by atoms with E-state index in [2.05, 4.69) is 144 Å². The molecular formula is C35H57Cl2N3NiOSi2. The molecule has 0 spiro atoms. The van der Waals surface area contributed by atoms with E-state index in [-0.39, 0.29) is 0 Å². The standard InChI is InChI=1S/C35H57N3OSi2.2ClH.Ni/c1-24(2)40(25(3)4,26(5)6)32-20-16-14-18-30(32)36-34-35(39-23-22-38(34)13)37-31-19-15-17-21-33(31)41(27(7)8,28(9)10)29(11)12;;;/h14-21,24-29H,22-23H2,1-13H3;2*1H;/q;;;+2/p-2. The molecule has 1 saturated heterocycles. The van der Waals surface area contributed by atoms with Crippen molar-refractivity contribution >= 4 is 70.0 Å². The Morgan fingerprint density at radius 1 is 0.636 bits per heavy atom. The molecule has 0 bridgehead atoms. The Labute approximate surface area is 285 Å². The van der Waals surface area contributed by atoms with Gasteiger partial charge in [-0.25, -0.2) is 9.98 Å². The van der Waals surface area contributed by atoms with Crippen molar-refractivity contribution in [2.24, 2.45) is 9.98 Å². The molecule has 44 heavy (non-hydrogen) atoms. The molecule has 1 aliphatic heterocycles. The van der Waals surface area contributed by atoms with E-state index < -0.39 is 16.1 Å². The molecule has 0 radical (unpaired) electrons. The van der Waals surface area contributed by atoms with Gasteiger partial charge in [-0.15, -0.1) is 0 Å². The predicted octanol–water partition coefficient (Wildman–Crippen LogP) is 10.6. The Morgan fingerprint density at radius 2 is 0.977 bits per heavy atom. The van der Waals surface area contributed by atoms with E-state index in [0.717, 1.165) is 23.8 Å². The molecule has 250 valence electrons. The van der Waals surface area contributed by atoms with Crippen molar-refractivity contribution in [1.82, 2.24) is 4.90 Å². The summed E-state index contributed by atoms with van der Waals surface area (Å²) < 4.78 is 6.36. The first kappa shape index (κ1) is 39.1. The molecule has 4 nitrogen and oxygen atoms in total. The maximum atomic E-state index is 6.36. The molecule has 1 aliphatic rings. The third-order valence-corrected chi connectivity index (χ3v) is 24.3. The van der Waals surface area contributed by atoms with Crippen LogP contribution in [0.25, 0.3) is 0 Å². The van der Waals surface area contributed by atoms with E-state index in [1.807, 2.05) is 0 Å². The number of aliphatic imine (C=N–C) groups is 2. The fourth-order valence-corrected chi connectivity index (χ4v) is 22.5. The molecule has 0 aromatic heterocycles. The van der Waals surface area contributed by atoms with Gasteiger partial charge in [-0.3, -0.25) is 0 Å². The SMILES string of the molecule is CC(C)[Si](c1ccccc1N=C1OCCN(C)C1=Nc1ccccc1[Si](C(C)C)(C(C)C)C(C)C)(C(C)C)C(C)C.[Cl][Ni][Cl]. The van der Waals surface area contributed by atoms with Gasteiger partial charge in [0.15, 0.2) is 5.84 Å². The Kier molecular flexibility index (Phi) is 15.2. The average Bonchev–Trinajstić information content (AvgIpc) is 2.92. The predicted molar refractivity (Wildman–Crippen MR) is 199 cm³/mol. The van der Waals surface area contributed by atoms with Gasteiger partial charge in [-0.05, 0) is 55.8 Å². The van der Waals surface area contributed by atoms with E-state index in [0.29, 0.717) is 58.4 Å². The molecule has 3 rings (SSSR count). The number of para-hydroxylation sites is 2. The quantitative estimate of drug-likeness (QED) is 0.229. The number of benzene rings is 2. The molecule has 0 amide bonds. The zero-order chi connectivity index (χ0) is 33.4. The number of ether oxygens (including phenoxy) is 1. The van der Waals surface area contributed by atoms with E-state index in [1.54, 1.807) is 0 Å². The second-order valence-electron chi connectivity index (χ2n) is 14.0. The fourth-order valence-electron chi connectivity index (χ4n) is 8.79. The molecule has 0 unspecified atom stereocenters. The van der Waals surface area contributed by atoms with Gasteiger partial charge < -0.3 is 9.64 Å². The summed E-state index contributed by atoms with van der Waals surface area (Å²) in [5.41, 5.74) is 5.73. The normalized spacial score (nSPS) is 16.6. The van der Waals surface area contributed by atoms with Crippen molar-refractivity contribution in [3.05, 3.63) is 48.5 Å². The van der Waals surface area contributed by atoms with Crippen LogP contribution in [0.4, 0.5) is 11.4 Å². The second kappa shape index (κ2) is 17.2. The van der Waals surface area contributed by atoms with Crippen LogP contribution in [0.5, 0.6) is 0 Å². The molecule has 0 saturated carbocycles. The summed E-state index contributed by atoms with van der Waals surface area (Å²) in [5.74, 6) is 1.48. The van der Waals surface area contributed by atoms with Gasteiger partial charge >= 0.3 is 33.0 Å². The summed E-state index contributed by atoms with van der Waals surface area (Å²) in [4.78, 5) is 13.0. The summed E-state index contributed by atoms with van der Waals surface area (Å²) in [6.07, 6.45) is 0. The topological polar surface area (TPSA) is 37.2 Å². The van der Waals surface area contributed by atoms with Crippen LogP contribution < -0.4 is 10.4 Å². The van der Waals surface area contributed by atoms with Crippen molar-refractivity contribution in [2.45, 2.75) is 116 Å². The van der Waals surface area contributed by atoms with Crippen LogP contribution in [0.3, 0.4) is 0 Å². The van der Waals surface area contributed by atoms with Crippen LogP contribution in [0.15, 0.2) is 58.5 Å². The van der Waals surface area contributed by atoms with Gasteiger partial charge in [0.05, 0.1) is 34.1 Å². The van der Waals surface area contributed by atoms with Crippen molar-refractivity contribution < 1.29 is 17.4 Å². The molecule has 1 heterocycles. The first-order valence-corrected chi connectivity index (χ1v) is 23.4. The average molecular weight is 722 g/mol. The van der Waals surface area contributed by atoms with E-state index in [1.165, 1.54) is 10.4 Å². The van der Waals surface area contributed by atoms with Crippen molar-refractivity contribution in [3.8, 4) is 0 Å². The number of morpholine rings is 1. The minimum absolute atomic E-state index is 0.569. The minimum atomic E-state index is -1.93. The number of amidine groups is 1. The Balaban J connectivity index is 0.00000216. The van der Waals surface area contributed by atoms with Crippen molar-refractivity contribution in [3.63, 3.8) is 0 Å². The van der Waals surface area contributed by atoms with Crippen LogP contribution in [-0.2, 0) is 17.4 Å². The Bertz CT molecular complexity index is 1220. The number of rotatable bonds is 10. The third kappa shape index (κ3) is 7.88. The molecule has 0 N–H and O–H groups in total. The number of nitrogens with zero attached hydrogens (tertiary/aromatic N) is 3. The second-order valence-corrected chi connectivity index (χ2v) is 27.4. The molecule has 9 heteroatoms. The summed E-state index contributed by atoms with van der Waals surface area (Å²) in [6.45, 7) is 30.4. The number of hydrogen-bond donors (Lipinski definition) is 0. The molecule has 0 aliphatic carbocycles. The van der Waals surface area contributed by atoms with Gasteiger partial charge in [0.2, 0.25) is 0 Å². The maximum absolute atomic E-state index is 6.36. The van der Waals surface area contributed by atoms with Crippen LogP contribution in [0.1, 0.15) is 83.1 Å². The zero-order valence-electron chi connectivity index (χ0n) is 29.3. The molecule has 0 atom stereocenters. The van der Waals surface area contributed by atoms with Gasteiger partial charge in [-0.2, -0.15) is 0 Å². The zero-order valence-corrected chi connectivity index (χ0v) is 33.8. The van der Waals surface area contributed by atoms with E-state index in [4.69, 9.17) is 35.1 Å². The monoisotopic (exact) mass is 719 g/mol. The first-order chi connectivity index (χ1) is 20.6. The van der Waals surface area contributed by atoms with Gasteiger partial charge in [-0.1, -0.05) is 119 Å². The number of likely N-dealkylation sites (N-methyl/N-ethyl adjacent to an activating group) is 1. The summed E-state index contributed by atoms with van der Waals surface area (Å²) in [6, 6.07) is 17.7. The van der Waals surface area contributed by atoms with Gasteiger partial charge in [0.1, 0.15) is 6.61 Å². The van der Waals surface area contributed by atoms with E-state index in [9.17, 15) is 0 Å². The molecule has 2 aromatic carbocycles. The Morgan fingerprint density at radius 3 is 1.34 bits per heavy atom. The first-order valence-electron chi connectivity index (χ1n) is 16.2. The van der Waals surface area contributed by atoms with Crippen molar-refractivity contribution in [2.75, 3.05) is 20.2 Å². The molecule has 1 fully saturated rings. The van der Waals surface area contributed by atoms with E-state index >= 15 is 0 Å². The summed E-state index contributed by atoms with van der Waals surface area (Å²) in [5, 5.41) is 2.90. The molecule has 2 aromatic rings. The third-order valence-electron chi connectivity index (χ3n) is 10.1. The van der Waals surface area contributed by atoms with Crippen LogP contribution in [0.2, 0.25) is 33.2 Å². The van der Waals surface area contributed by atoms with Gasteiger partial charge in [0.25, 0.3) is 5.90 Å². The van der Waals surface area contributed by atoms with Gasteiger partial charge in [0, 0.05) is 7.05 Å².